The zero-order chi connectivity index (χ0) is 8.69. The predicted octanol–water partition coefficient (Wildman–Crippen LogP) is 2.03. The van der Waals surface area contributed by atoms with E-state index in [0.29, 0.717) is 4.86 Å². The predicted molar refractivity (Wildman–Crippen MR) is 48.4 cm³/mol. The van der Waals surface area contributed by atoms with Gasteiger partial charge in [0.05, 0.1) is 0 Å². The van der Waals surface area contributed by atoms with Gasteiger partial charge in [-0.15, -0.1) is 0 Å². The smallest absolute Gasteiger partial charge is 0.185 e. The van der Waals surface area contributed by atoms with E-state index in [1.165, 1.54) is 12.8 Å². The molecular formula is C8H16O2S. The second kappa shape index (κ2) is 6.40. The van der Waals surface area contributed by atoms with E-state index in [9.17, 15) is 8.42 Å². The Labute approximate surface area is 70.2 Å². The first-order valence-corrected chi connectivity index (χ1v) is 5.17. The van der Waals surface area contributed by atoms with E-state index in [2.05, 4.69) is 6.92 Å². The summed E-state index contributed by atoms with van der Waals surface area (Å²) in [5.74, 6) is 0. The van der Waals surface area contributed by atoms with Crippen molar-refractivity contribution in [2.45, 2.75) is 46.0 Å². The number of hydrogen-bond acceptors (Lipinski definition) is 2. The normalized spacial score (nSPS) is 9.64. The van der Waals surface area contributed by atoms with E-state index in [1.807, 2.05) is 0 Å². The fourth-order valence-corrected chi connectivity index (χ4v) is 1.20. The van der Waals surface area contributed by atoms with Gasteiger partial charge in [0.25, 0.3) is 0 Å². The van der Waals surface area contributed by atoms with E-state index in [4.69, 9.17) is 0 Å². The number of rotatable bonds is 5. The Kier molecular flexibility index (Phi) is 6.22. The van der Waals surface area contributed by atoms with Crippen LogP contribution in [-0.4, -0.2) is 13.3 Å². The molecule has 0 saturated heterocycles. The summed E-state index contributed by atoms with van der Waals surface area (Å²) >= 11 is 0. The molecular weight excluding hydrogens is 160 g/mol. The molecule has 0 saturated carbocycles. The third kappa shape index (κ3) is 6.10. The maximum Gasteiger partial charge on any atom is 0.212 e. The van der Waals surface area contributed by atoms with E-state index in [0.717, 1.165) is 19.3 Å². The molecule has 0 aliphatic heterocycles. The minimum Gasteiger partial charge on any atom is -0.185 e. The first-order chi connectivity index (χ1) is 5.18. The lowest BCUT2D eigenvalue weighted by Gasteiger charge is -1.95. The highest BCUT2D eigenvalue weighted by Crippen LogP contribution is 2.02. The van der Waals surface area contributed by atoms with Crippen molar-refractivity contribution in [3.63, 3.8) is 0 Å². The highest BCUT2D eigenvalue weighted by atomic mass is 32.2. The Morgan fingerprint density at radius 1 is 1.18 bits per heavy atom. The van der Waals surface area contributed by atoms with Crippen molar-refractivity contribution in [3.8, 4) is 0 Å². The fraction of sp³-hybridized carbons (Fsp3) is 0.875. The summed E-state index contributed by atoms with van der Waals surface area (Å²) in [7, 11) is -1.95. The van der Waals surface area contributed by atoms with Crippen LogP contribution in [0.15, 0.2) is 0 Å². The lowest BCUT2D eigenvalue weighted by molar-refractivity contribution is 0.625. The molecule has 66 valence electrons. The van der Waals surface area contributed by atoms with Crippen molar-refractivity contribution in [1.29, 1.82) is 0 Å². The van der Waals surface area contributed by atoms with E-state index >= 15 is 0 Å². The molecule has 0 rings (SSSR count). The maximum atomic E-state index is 10.3. The van der Waals surface area contributed by atoms with Crippen LogP contribution in [0.3, 0.4) is 0 Å². The Bertz CT molecular complexity index is 206. The van der Waals surface area contributed by atoms with Crippen LogP contribution in [0.4, 0.5) is 0 Å². The third-order valence-corrected chi connectivity index (χ3v) is 2.44. The van der Waals surface area contributed by atoms with Crippen molar-refractivity contribution in [1.82, 2.24) is 0 Å². The van der Waals surface area contributed by atoms with Crippen LogP contribution in [0.1, 0.15) is 46.0 Å². The molecule has 0 amide bonds. The summed E-state index contributed by atoms with van der Waals surface area (Å²) in [4.78, 5) is 0.584. The van der Waals surface area contributed by atoms with Crippen LogP contribution >= 0.6 is 0 Å². The molecule has 0 bridgehead atoms. The van der Waals surface area contributed by atoms with Crippen LogP contribution in [0.2, 0.25) is 0 Å². The molecule has 0 spiro atoms. The van der Waals surface area contributed by atoms with Gasteiger partial charge in [-0.1, -0.05) is 26.2 Å². The summed E-state index contributed by atoms with van der Waals surface area (Å²) in [5.41, 5.74) is 0. The second-order valence-corrected chi connectivity index (χ2v) is 3.91. The van der Waals surface area contributed by atoms with Crippen LogP contribution in [0.5, 0.6) is 0 Å². The fourth-order valence-electron chi connectivity index (χ4n) is 0.884. The molecule has 0 radical (unpaired) electrons. The Morgan fingerprint density at radius 2 is 1.82 bits per heavy atom. The summed E-state index contributed by atoms with van der Waals surface area (Å²) in [6, 6.07) is 0. The first-order valence-electron chi connectivity index (χ1n) is 4.10. The standard InChI is InChI=1S/C8H16O2S/c1-3-4-5-6-7-8(2)11(9)10/h3-7H2,1-2H3. The summed E-state index contributed by atoms with van der Waals surface area (Å²) < 4.78 is 20.7. The van der Waals surface area contributed by atoms with Gasteiger partial charge in [-0.2, -0.15) is 8.42 Å². The minimum atomic E-state index is -1.95. The molecule has 0 heterocycles. The lowest BCUT2D eigenvalue weighted by atomic mass is 10.1. The van der Waals surface area contributed by atoms with Crippen LogP contribution < -0.4 is 0 Å². The van der Waals surface area contributed by atoms with Gasteiger partial charge in [0, 0.05) is 4.86 Å². The molecule has 0 N–H and O–H groups in total. The lowest BCUT2D eigenvalue weighted by Crippen LogP contribution is -1.92. The quantitative estimate of drug-likeness (QED) is 0.474. The topological polar surface area (TPSA) is 34.1 Å². The second-order valence-electron chi connectivity index (χ2n) is 2.75. The van der Waals surface area contributed by atoms with E-state index < -0.39 is 10.3 Å². The van der Waals surface area contributed by atoms with Gasteiger partial charge in [0.2, 0.25) is 10.3 Å². The number of hydrogen-bond donors (Lipinski definition) is 0. The van der Waals surface area contributed by atoms with Crippen molar-refractivity contribution < 1.29 is 8.42 Å². The van der Waals surface area contributed by atoms with Crippen LogP contribution in [-0.2, 0) is 10.3 Å². The first kappa shape index (κ1) is 10.7. The molecule has 0 aromatic heterocycles. The summed E-state index contributed by atoms with van der Waals surface area (Å²) in [6.07, 6.45) is 5.28. The van der Waals surface area contributed by atoms with Crippen molar-refractivity contribution in [3.05, 3.63) is 0 Å². The monoisotopic (exact) mass is 176 g/mol. The Morgan fingerprint density at radius 3 is 2.27 bits per heavy atom. The van der Waals surface area contributed by atoms with Crippen molar-refractivity contribution in [2.75, 3.05) is 0 Å². The average Bonchev–Trinajstić information content (AvgIpc) is 1.97. The molecule has 3 heteroatoms. The maximum absolute atomic E-state index is 10.3. The summed E-state index contributed by atoms with van der Waals surface area (Å²) in [6.45, 7) is 3.82. The van der Waals surface area contributed by atoms with E-state index in [-0.39, 0.29) is 0 Å². The molecule has 11 heavy (non-hydrogen) atoms. The highest BCUT2D eigenvalue weighted by molar-refractivity contribution is 7.72. The highest BCUT2D eigenvalue weighted by Gasteiger charge is 1.92. The van der Waals surface area contributed by atoms with Gasteiger partial charge in [0.1, 0.15) is 0 Å². The van der Waals surface area contributed by atoms with Gasteiger partial charge >= 0.3 is 0 Å². The van der Waals surface area contributed by atoms with Crippen LogP contribution in [0.25, 0.3) is 0 Å². The molecule has 0 atom stereocenters. The van der Waals surface area contributed by atoms with Gasteiger partial charge in [-0.05, 0) is 19.8 Å². The van der Waals surface area contributed by atoms with Gasteiger partial charge < -0.3 is 0 Å². The Hall–Kier alpha value is -0.310. The molecule has 0 aliphatic rings. The van der Waals surface area contributed by atoms with E-state index in [1.54, 1.807) is 6.92 Å². The largest absolute Gasteiger partial charge is 0.212 e. The van der Waals surface area contributed by atoms with Crippen LogP contribution in [0, 0.1) is 0 Å². The number of unbranched alkanes of at least 4 members (excludes halogenated alkanes) is 3. The molecule has 0 aromatic carbocycles. The van der Waals surface area contributed by atoms with Gasteiger partial charge in [0.15, 0.2) is 0 Å². The SMILES string of the molecule is CCCCCCC(C)=S(=O)=O. The average molecular weight is 176 g/mol. The molecule has 0 fully saturated rings. The molecule has 0 aliphatic carbocycles. The van der Waals surface area contributed by atoms with Gasteiger partial charge in [-0.3, -0.25) is 0 Å². The molecule has 0 aromatic rings. The zero-order valence-corrected chi connectivity index (χ0v) is 8.08. The minimum absolute atomic E-state index is 0.584. The molecule has 2 nitrogen and oxygen atoms in total. The Balaban J connectivity index is 3.48. The zero-order valence-electron chi connectivity index (χ0n) is 7.26. The third-order valence-electron chi connectivity index (χ3n) is 1.67. The van der Waals surface area contributed by atoms with Gasteiger partial charge in [-0.25, -0.2) is 0 Å². The van der Waals surface area contributed by atoms with Crippen molar-refractivity contribution >= 4 is 15.2 Å². The molecule has 0 unspecified atom stereocenters. The van der Waals surface area contributed by atoms with Crippen molar-refractivity contribution in [2.24, 2.45) is 0 Å². The summed E-state index contributed by atoms with van der Waals surface area (Å²) in [5, 5.41) is 0.